The number of aromatic nitrogens is 1. The highest BCUT2D eigenvalue weighted by atomic mass is 16.3. The normalized spacial score (nSPS) is 9.62. The van der Waals surface area contributed by atoms with Crippen molar-refractivity contribution in [1.29, 1.82) is 0 Å². The number of carbonyl (C=O) groups excluding carboxylic acids is 1. The Hall–Kier alpha value is -2.84. The first kappa shape index (κ1) is 14.6. The Balaban J connectivity index is 2.27. The fourth-order valence-electron chi connectivity index (χ4n) is 1.76. The third-order valence-corrected chi connectivity index (χ3v) is 2.87. The predicted molar refractivity (Wildman–Crippen MR) is 81.0 cm³/mol. The van der Waals surface area contributed by atoms with Gasteiger partial charge in [0.15, 0.2) is 0 Å². The van der Waals surface area contributed by atoms with Gasteiger partial charge in [-0.2, -0.15) is 0 Å². The molecular formula is C16H15N3O2. The Bertz CT molecular complexity index is 730. The number of benzene rings is 1. The number of hydrogen-bond acceptors (Lipinski definition) is 4. The molecule has 2 rings (SSSR count). The Kier molecular flexibility index (Phi) is 4.54. The molecule has 1 aromatic carbocycles. The van der Waals surface area contributed by atoms with Crippen LogP contribution in [0.3, 0.4) is 0 Å². The lowest BCUT2D eigenvalue weighted by Crippen LogP contribution is -2.13. The van der Waals surface area contributed by atoms with Crippen LogP contribution < -0.4 is 11.1 Å². The highest BCUT2D eigenvalue weighted by molar-refractivity contribution is 6.06. The number of nitrogens with one attached hydrogen (secondary N) is 1. The van der Waals surface area contributed by atoms with Crippen LogP contribution in [0.1, 0.15) is 21.5 Å². The van der Waals surface area contributed by atoms with Crippen LogP contribution in [0.25, 0.3) is 0 Å². The molecule has 1 amide bonds. The van der Waals surface area contributed by atoms with Gasteiger partial charge in [0.2, 0.25) is 0 Å². The molecular weight excluding hydrogens is 266 g/mol. The van der Waals surface area contributed by atoms with E-state index >= 15 is 0 Å². The number of nitrogens with two attached hydrogens (primary N) is 1. The molecule has 2 aromatic rings. The molecule has 0 fully saturated rings. The van der Waals surface area contributed by atoms with Crippen molar-refractivity contribution in [3.63, 3.8) is 0 Å². The van der Waals surface area contributed by atoms with Crippen LogP contribution in [0.5, 0.6) is 5.75 Å². The van der Waals surface area contributed by atoms with Crippen molar-refractivity contribution in [2.24, 2.45) is 5.73 Å². The van der Waals surface area contributed by atoms with Crippen molar-refractivity contribution in [3.8, 4) is 17.6 Å². The minimum Gasteiger partial charge on any atom is -0.505 e. The van der Waals surface area contributed by atoms with Gasteiger partial charge in [0.25, 0.3) is 5.91 Å². The van der Waals surface area contributed by atoms with E-state index in [1.165, 1.54) is 18.5 Å². The fraction of sp³-hybridized carbons (Fsp3) is 0.125. The van der Waals surface area contributed by atoms with Gasteiger partial charge in [-0.3, -0.25) is 9.78 Å². The van der Waals surface area contributed by atoms with E-state index in [1.54, 1.807) is 6.07 Å². The fourth-order valence-corrected chi connectivity index (χ4v) is 1.76. The Morgan fingerprint density at radius 2 is 2.24 bits per heavy atom. The summed E-state index contributed by atoms with van der Waals surface area (Å²) in [5.74, 6) is 5.11. The summed E-state index contributed by atoms with van der Waals surface area (Å²) in [6, 6.07) is 6.95. The molecule has 0 atom stereocenters. The van der Waals surface area contributed by atoms with Crippen molar-refractivity contribution < 1.29 is 9.90 Å². The minimum atomic E-state index is -0.401. The lowest BCUT2D eigenvalue weighted by Gasteiger charge is -2.09. The first-order valence-corrected chi connectivity index (χ1v) is 6.35. The number of aryl methyl sites for hydroxylation is 1. The Morgan fingerprint density at radius 1 is 1.43 bits per heavy atom. The van der Waals surface area contributed by atoms with Crippen LogP contribution in [0, 0.1) is 18.8 Å². The monoisotopic (exact) mass is 281 g/mol. The molecule has 4 N–H and O–H groups in total. The largest absolute Gasteiger partial charge is 0.505 e. The highest BCUT2D eigenvalue weighted by Crippen LogP contribution is 2.20. The minimum absolute atomic E-state index is 0.160. The predicted octanol–water partition coefficient (Wildman–Crippen LogP) is 1.66. The SMILES string of the molecule is Cc1ccc(C#CCN)cc1NC(=O)c1ccncc1O. The molecule has 0 saturated heterocycles. The summed E-state index contributed by atoms with van der Waals surface area (Å²) in [7, 11) is 0. The molecule has 0 unspecified atom stereocenters. The zero-order valence-corrected chi connectivity index (χ0v) is 11.6. The van der Waals surface area contributed by atoms with Crippen molar-refractivity contribution in [2.75, 3.05) is 11.9 Å². The summed E-state index contributed by atoms with van der Waals surface area (Å²) < 4.78 is 0. The number of nitrogens with zero attached hydrogens (tertiary/aromatic N) is 1. The third kappa shape index (κ3) is 3.59. The standard InChI is InChI=1S/C16H15N3O2/c1-11-4-5-12(3-2-7-17)9-14(11)19-16(21)13-6-8-18-10-15(13)20/h4-6,8-10,20H,7,17H2,1H3,(H,19,21). The lowest BCUT2D eigenvalue weighted by molar-refractivity contribution is 0.102. The van der Waals surface area contributed by atoms with Crippen LogP contribution in [-0.2, 0) is 0 Å². The summed E-state index contributed by atoms with van der Waals surface area (Å²) in [5, 5.41) is 12.4. The summed E-state index contributed by atoms with van der Waals surface area (Å²) in [6.07, 6.45) is 2.68. The molecule has 21 heavy (non-hydrogen) atoms. The molecule has 1 heterocycles. The van der Waals surface area contributed by atoms with E-state index in [0.29, 0.717) is 5.69 Å². The average Bonchev–Trinajstić information content (AvgIpc) is 2.48. The molecule has 5 nitrogen and oxygen atoms in total. The Labute approximate surface area is 122 Å². The first-order valence-electron chi connectivity index (χ1n) is 6.35. The van der Waals surface area contributed by atoms with E-state index in [1.807, 2.05) is 19.1 Å². The van der Waals surface area contributed by atoms with E-state index in [0.717, 1.165) is 11.1 Å². The second-order valence-corrected chi connectivity index (χ2v) is 4.38. The van der Waals surface area contributed by atoms with Crippen LogP contribution in [0.15, 0.2) is 36.7 Å². The number of aromatic hydroxyl groups is 1. The number of carbonyl (C=O) groups is 1. The molecule has 5 heteroatoms. The number of pyridine rings is 1. The maximum atomic E-state index is 12.2. The molecule has 0 aliphatic rings. The van der Waals surface area contributed by atoms with E-state index in [-0.39, 0.29) is 17.9 Å². The zero-order valence-electron chi connectivity index (χ0n) is 11.6. The van der Waals surface area contributed by atoms with Gasteiger partial charge in [0, 0.05) is 17.4 Å². The van der Waals surface area contributed by atoms with Gasteiger partial charge in [-0.05, 0) is 30.7 Å². The van der Waals surface area contributed by atoms with E-state index in [9.17, 15) is 9.90 Å². The first-order chi connectivity index (χ1) is 10.1. The van der Waals surface area contributed by atoms with Gasteiger partial charge in [0.05, 0.1) is 18.3 Å². The lowest BCUT2D eigenvalue weighted by atomic mass is 10.1. The van der Waals surface area contributed by atoms with Gasteiger partial charge in [-0.15, -0.1) is 0 Å². The Morgan fingerprint density at radius 3 is 2.95 bits per heavy atom. The molecule has 1 aromatic heterocycles. The smallest absolute Gasteiger partial charge is 0.259 e. The van der Waals surface area contributed by atoms with Gasteiger partial charge in [-0.1, -0.05) is 17.9 Å². The van der Waals surface area contributed by atoms with Crippen LogP contribution >= 0.6 is 0 Å². The number of amides is 1. The summed E-state index contributed by atoms with van der Waals surface area (Å²) in [4.78, 5) is 15.9. The molecule has 0 spiro atoms. The summed E-state index contributed by atoms with van der Waals surface area (Å²) in [6.45, 7) is 2.16. The zero-order chi connectivity index (χ0) is 15.2. The van der Waals surface area contributed by atoms with Crippen LogP contribution in [0.2, 0.25) is 0 Å². The van der Waals surface area contributed by atoms with Gasteiger partial charge >= 0.3 is 0 Å². The number of anilines is 1. The van der Waals surface area contributed by atoms with Crippen LogP contribution in [0.4, 0.5) is 5.69 Å². The van der Waals surface area contributed by atoms with E-state index in [2.05, 4.69) is 22.1 Å². The van der Waals surface area contributed by atoms with Crippen molar-refractivity contribution >= 4 is 11.6 Å². The quantitative estimate of drug-likeness (QED) is 0.730. The summed E-state index contributed by atoms with van der Waals surface area (Å²) in [5.41, 5.74) is 7.81. The van der Waals surface area contributed by atoms with Crippen molar-refractivity contribution in [3.05, 3.63) is 53.3 Å². The van der Waals surface area contributed by atoms with Gasteiger partial charge < -0.3 is 16.2 Å². The number of hydrogen-bond donors (Lipinski definition) is 3. The average molecular weight is 281 g/mol. The van der Waals surface area contributed by atoms with Crippen molar-refractivity contribution in [2.45, 2.75) is 6.92 Å². The third-order valence-electron chi connectivity index (χ3n) is 2.87. The molecule has 0 aliphatic carbocycles. The van der Waals surface area contributed by atoms with Gasteiger partial charge in [-0.25, -0.2) is 0 Å². The van der Waals surface area contributed by atoms with E-state index < -0.39 is 5.91 Å². The van der Waals surface area contributed by atoms with Crippen LogP contribution in [-0.4, -0.2) is 22.5 Å². The van der Waals surface area contributed by atoms with E-state index in [4.69, 9.17) is 5.73 Å². The maximum Gasteiger partial charge on any atom is 0.259 e. The molecule has 0 saturated carbocycles. The second-order valence-electron chi connectivity index (χ2n) is 4.38. The molecule has 106 valence electrons. The highest BCUT2D eigenvalue weighted by Gasteiger charge is 2.12. The second kappa shape index (κ2) is 6.55. The maximum absolute atomic E-state index is 12.2. The molecule has 0 radical (unpaired) electrons. The summed E-state index contributed by atoms with van der Waals surface area (Å²) >= 11 is 0. The molecule has 0 aliphatic heterocycles. The van der Waals surface area contributed by atoms with Gasteiger partial charge in [0.1, 0.15) is 5.75 Å². The molecule has 0 bridgehead atoms. The number of rotatable bonds is 2. The topological polar surface area (TPSA) is 88.2 Å². The van der Waals surface area contributed by atoms with Crippen molar-refractivity contribution in [1.82, 2.24) is 4.98 Å².